The Bertz CT molecular complexity index is 1000. The van der Waals surface area contributed by atoms with Gasteiger partial charge in [-0.05, 0) is 19.1 Å². The maximum atomic E-state index is 5.80. The molecule has 4 aromatic rings. The molecular weight excluding hydrogens is 322 g/mol. The van der Waals surface area contributed by atoms with Crippen molar-refractivity contribution in [2.24, 2.45) is 0 Å². The molecule has 0 spiro atoms. The van der Waals surface area contributed by atoms with E-state index in [1.54, 1.807) is 0 Å². The number of nitrogens with zero attached hydrogens (tertiary/aromatic N) is 3. The second-order valence-electron chi connectivity index (χ2n) is 5.94. The molecule has 26 heavy (non-hydrogen) atoms. The van der Waals surface area contributed by atoms with Crippen molar-refractivity contribution in [1.29, 1.82) is 0 Å². The van der Waals surface area contributed by atoms with E-state index in [0.29, 0.717) is 5.75 Å². The van der Waals surface area contributed by atoms with E-state index in [9.17, 15) is 0 Å². The van der Waals surface area contributed by atoms with Crippen LogP contribution < -0.4 is 4.74 Å². The lowest BCUT2D eigenvalue weighted by Gasteiger charge is -2.10. The average Bonchev–Trinajstić information content (AvgIpc) is 2.71. The van der Waals surface area contributed by atoms with Gasteiger partial charge in [0.15, 0.2) is 0 Å². The molecule has 1 aromatic heterocycles. The van der Waals surface area contributed by atoms with Gasteiger partial charge in [0.1, 0.15) is 17.1 Å². The lowest BCUT2D eigenvalue weighted by Crippen LogP contribution is -2.00. The SMILES string of the molecule is Cc1ccc(Oc2nnc(-c3ccccc3)c(-c3ccccc3)n2)cc1. The molecule has 4 rings (SSSR count). The summed E-state index contributed by atoms with van der Waals surface area (Å²) in [7, 11) is 0. The number of aromatic nitrogens is 3. The zero-order valence-electron chi connectivity index (χ0n) is 14.3. The van der Waals surface area contributed by atoms with Crippen molar-refractivity contribution < 1.29 is 4.74 Å². The molecule has 0 fully saturated rings. The normalized spacial score (nSPS) is 10.5. The summed E-state index contributed by atoms with van der Waals surface area (Å²) >= 11 is 0. The van der Waals surface area contributed by atoms with Gasteiger partial charge in [-0.15, -0.1) is 5.10 Å². The number of benzene rings is 3. The predicted octanol–water partition coefficient (Wildman–Crippen LogP) is 5.31. The topological polar surface area (TPSA) is 47.9 Å². The molecule has 0 atom stereocenters. The molecule has 0 saturated carbocycles. The summed E-state index contributed by atoms with van der Waals surface area (Å²) in [5.74, 6) is 0.684. The molecule has 3 aromatic carbocycles. The fourth-order valence-electron chi connectivity index (χ4n) is 2.65. The lowest BCUT2D eigenvalue weighted by molar-refractivity contribution is 0.434. The van der Waals surface area contributed by atoms with Crippen LogP contribution in [0.5, 0.6) is 11.8 Å². The Morgan fingerprint density at radius 1 is 0.615 bits per heavy atom. The van der Waals surface area contributed by atoms with Crippen molar-refractivity contribution >= 4 is 0 Å². The first-order valence-corrected chi connectivity index (χ1v) is 8.40. The third-order valence-electron chi connectivity index (χ3n) is 3.99. The fourth-order valence-corrected chi connectivity index (χ4v) is 2.65. The van der Waals surface area contributed by atoms with Crippen LogP contribution in [0.4, 0.5) is 0 Å². The zero-order valence-corrected chi connectivity index (χ0v) is 14.3. The number of ether oxygens (including phenoxy) is 1. The quantitative estimate of drug-likeness (QED) is 0.506. The van der Waals surface area contributed by atoms with Gasteiger partial charge in [-0.3, -0.25) is 0 Å². The lowest BCUT2D eigenvalue weighted by atomic mass is 10.0. The van der Waals surface area contributed by atoms with Gasteiger partial charge in [-0.1, -0.05) is 83.5 Å². The van der Waals surface area contributed by atoms with E-state index in [0.717, 1.165) is 22.5 Å². The average molecular weight is 339 g/mol. The number of rotatable bonds is 4. The van der Waals surface area contributed by atoms with E-state index in [1.165, 1.54) is 5.56 Å². The zero-order chi connectivity index (χ0) is 17.8. The summed E-state index contributed by atoms with van der Waals surface area (Å²) in [6.07, 6.45) is 0. The van der Waals surface area contributed by atoms with Crippen molar-refractivity contribution in [2.45, 2.75) is 6.92 Å². The monoisotopic (exact) mass is 339 g/mol. The summed E-state index contributed by atoms with van der Waals surface area (Å²) in [4.78, 5) is 4.64. The van der Waals surface area contributed by atoms with Crippen molar-refractivity contribution in [3.05, 3.63) is 90.5 Å². The predicted molar refractivity (Wildman–Crippen MR) is 102 cm³/mol. The van der Waals surface area contributed by atoms with Gasteiger partial charge in [0, 0.05) is 11.1 Å². The van der Waals surface area contributed by atoms with Crippen molar-refractivity contribution in [3.63, 3.8) is 0 Å². The largest absolute Gasteiger partial charge is 0.423 e. The minimum Gasteiger partial charge on any atom is -0.423 e. The van der Waals surface area contributed by atoms with E-state index in [-0.39, 0.29) is 6.01 Å². The molecule has 4 heteroatoms. The third-order valence-corrected chi connectivity index (χ3v) is 3.99. The van der Waals surface area contributed by atoms with Crippen molar-refractivity contribution in [2.75, 3.05) is 0 Å². The number of hydrogen-bond donors (Lipinski definition) is 0. The summed E-state index contributed by atoms with van der Waals surface area (Å²) < 4.78 is 5.80. The second-order valence-corrected chi connectivity index (χ2v) is 5.94. The van der Waals surface area contributed by atoms with Gasteiger partial charge in [0.2, 0.25) is 0 Å². The Labute approximate surface area is 152 Å². The summed E-state index contributed by atoms with van der Waals surface area (Å²) in [6, 6.07) is 27.9. The van der Waals surface area contributed by atoms with Crippen LogP contribution in [-0.2, 0) is 0 Å². The Balaban J connectivity index is 1.78. The number of aryl methyl sites for hydroxylation is 1. The molecule has 0 saturated heterocycles. The van der Waals surface area contributed by atoms with Crippen LogP contribution in [0, 0.1) is 6.92 Å². The fraction of sp³-hybridized carbons (Fsp3) is 0.0455. The van der Waals surface area contributed by atoms with E-state index in [2.05, 4.69) is 15.2 Å². The molecule has 1 heterocycles. The summed E-state index contributed by atoms with van der Waals surface area (Å²) in [5, 5.41) is 8.58. The van der Waals surface area contributed by atoms with Crippen LogP contribution in [0.15, 0.2) is 84.9 Å². The summed E-state index contributed by atoms with van der Waals surface area (Å²) in [6.45, 7) is 2.03. The highest BCUT2D eigenvalue weighted by Crippen LogP contribution is 2.30. The van der Waals surface area contributed by atoms with Crippen LogP contribution in [0.1, 0.15) is 5.56 Å². The Morgan fingerprint density at radius 3 is 1.81 bits per heavy atom. The van der Waals surface area contributed by atoms with Gasteiger partial charge in [0.25, 0.3) is 0 Å². The summed E-state index contributed by atoms with van der Waals surface area (Å²) in [5.41, 5.74) is 4.58. The van der Waals surface area contributed by atoms with Crippen molar-refractivity contribution in [3.8, 4) is 34.3 Å². The molecule has 0 aliphatic carbocycles. The minimum absolute atomic E-state index is 0.229. The maximum absolute atomic E-state index is 5.80. The van der Waals surface area contributed by atoms with Gasteiger partial charge in [-0.25, -0.2) is 0 Å². The highest BCUT2D eigenvalue weighted by atomic mass is 16.5. The van der Waals surface area contributed by atoms with Gasteiger partial charge < -0.3 is 4.74 Å². The molecular formula is C22H17N3O. The molecule has 0 aliphatic rings. The number of hydrogen-bond acceptors (Lipinski definition) is 4. The highest BCUT2D eigenvalue weighted by Gasteiger charge is 2.14. The molecule has 0 radical (unpaired) electrons. The van der Waals surface area contributed by atoms with Crippen LogP contribution in [0.2, 0.25) is 0 Å². The molecule has 0 amide bonds. The molecule has 0 N–H and O–H groups in total. The first-order chi connectivity index (χ1) is 12.8. The second kappa shape index (κ2) is 7.15. The van der Waals surface area contributed by atoms with Crippen molar-refractivity contribution in [1.82, 2.24) is 15.2 Å². The molecule has 0 unspecified atom stereocenters. The minimum atomic E-state index is 0.229. The molecule has 4 nitrogen and oxygen atoms in total. The van der Waals surface area contributed by atoms with Crippen LogP contribution in [0.3, 0.4) is 0 Å². The maximum Gasteiger partial charge on any atom is 0.341 e. The van der Waals surface area contributed by atoms with Gasteiger partial charge in [0.05, 0.1) is 0 Å². The van der Waals surface area contributed by atoms with E-state index in [4.69, 9.17) is 4.74 Å². The standard InChI is InChI=1S/C22H17N3O/c1-16-12-14-19(15-13-16)26-22-23-20(17-8-4-2-5-9-17)21(24-25-22)18-10-6-3-7-11-18/h2-15H,1H3. The first kappa shape index (κ1) is 16.0. The van der Waals surface area contributed by atoms with Gasteiger partial charge in [-0.2, -0.15) is 4.98 Å². The Morgan fingerprint density at radius 2 is 1.19 bits per heavy atom. The Hall–Kier alpha value is -3.53. The van der Waals surface area contributed by atoms with Crippen LogP contribution >= 0.6 is 0 Å². The smallest absolute Gasteiger partial charge is 0.341 e. The van der Waals surface area contributed by atoms with E-state index < -0.39 is 0 Å². The van der Waals surface area contributed by atoms with Crippen LogP contribution in [0.25, 0.3) is 22.5 Å². The van der Waals surface area contributed by atoms with E-state index >= 15 is 0 Å². The molecule has 0 aliphatic heterocycles. The Kier molecular flexibility index (Phi) is 4.39. The third kappa shape index (κ3) is 3.44. The van der Waals surface area contributed by atoms with E-state index in [1.807, 2.05) is 91.9 Å². The highest BCUT2D eigenvalue weighted by molar-refractivity contribution is 5.77. The van der Waals surface area contributed by atoms with Gasteiger partial charge >= 0.3 is 6.01 Å². The first-order valence-electron chi connectivity index (χ1n) is 8.40. The van der Waals surface area contributed by atoms with Crippen LogP contribution in [-0.4, -0.2) is 15.2 Å². The molecule has 0 bridgehead atoms. The molecule has 126 valence electrons.